The summed E-state index contributed by atoms with van der Waals surface area (Å²) in [5, 5.41) is 3.01. The van der Waals surface area contributed by atoms with Crippen molar-refractivity contribution in [3.8, 4) is 0 Å². The van der Waals surface area contributed by atoms with Crippen LogP contribution in [-0.4, -0.2) is 58.7 Å². The third-order valence-corrected chi connectivity index (χ3v) is 5.11. The molecule has 8 heteroatoms. The first kappa shape index (κ1) is 26.5. The second kappa shape index (κ2) is 10.9. The van der Waals surface area contributed by atoms with Gasteiger partial charge in [-0.1, -0.05) is 18.2 Å². The van der Waals surface area contributed by atoms with Crippen molar-refractivity contribution in [1.82, 2.24) is 9.80 Å². The van der Waals surface area contributed by atoms with E-state index >= 15 is 0 Å². The largest absolute Gasteiger partial charge is 0.444 e. The van der Waals surface area contributed by atoms with Crippen LogP contribution in [0.2, 0.25) is 0 Å². The van der Waals surface area contributed by atoms with Gasteiger partial charge >= 0.3 is 12.2 Å². The van der Waals surface area contributed by atoms with Gasteiger partial charge in [0.25, 0.3) is 0 Å². The Hall–Kier alpha value is -2.77. The van der Waals surface area contributed by atoms with Crippen molar-refractivity contribution in [1.29, 1.82) is 0 Å². The number of carbonyl (C=O) groups excluding carboxylic acids is 3. The van der Waals surface area contributed by atoms with Gasteiger partial charge in [-0.2, -0.15) is 0 Å². The second-order valence-corrected chi connectivity index (χ2v) is 10.4. The number of para-hydroxylation sites is 1. The van der Waals surface area contributed by atoms with Crippen LogP contribution in [-0.2, 0) is 20.8 Å². The Balaban J connectivity index is 2.06. The smallest absolute Gasteiger partial charge is 0.410 e. The number of piperidine rings is 1. The van der Waals surface area contributed by atoms with Crippen LogP contribution in [0.1, 0.15) is 66.9 Å². The summed E-state index contributed by atoms with van der Waals surface area (Å²) in [5.74, 6) is -0.469. The molecule has 1 N–H and O–H groups in total. The lowest BCUT2D eigenvalue weighted by Crippen LogP contribution is -2.45. The lowest BCUT2D eigenvalue weighted by molar-refractivity contribution is -0.121. The molecule has 3 amide bonds. The minimum Gasteiger partial charge on any atom is -0.444 e. The van der Waals surface area contributed by atoms with Crippen LogP contribution in [0.4, 0.5) is 15.3 Å². The van der Waals surface area contributed by atoms with Gasteiger partial charge in [-0.3, -0.25) is 4.79 Å². The fraction of sp³-hybridized carbons (Fsp3) is 0.640. The maximum atomic E-state index is 13.1. The molecule has 0 spiro atoms. The Labute approximate surface area is 197 Å². The summed E-state index contributed by atoms with van der Waals surface area (Å²) in [5.41, 5.74) is 0.307. The molecule has 1 atom stereocenters. The monoisotopic (exact) mass is 461 g/mol. The van der Waals surface area contributed by atoms with Gasteiger partial charge in [-0.15, -0.1) is 0 Å². The van der Waals surface area contributed by atoms with Crippen molar-refractivity contribution in [2.45, 2.75) is 79.1 Å². The van der Waals surface area contributed by atoms with Gasteiger partial charge < -0.3 is 24.6 Å². The minimum absolute atomic E-state index is 0.143. The predicted molar refractivity (Wildman–Crippen MR) is 128 cm³/mol. The molecule has 0 radical (unpaired) electrons. The molecule has 0 aromatic heterocycles. The highest BCUT2D eigenvalue weighted by Gasteiger charge is 2.31. The first-order chi connectivity index (χ1) is 15.3. The van der Waals surface area contributed by atoms with Gasteiger partial charge in [-0.05, 0) is 72.9 Å². The molecule has 1 aromatic rings. The molecule has 1 aliphatic heterocycles. The van der Waals surface area contributed by atoms with E-state index in [1.807, 2.05) is 72.7 Å². The van der Waals surface area contributed by atoms with Crippen LogP contribution >= 0.6 is 0 Å². The quantitative estimate of drug-likeness (QED) is 0.664. The van der Waals surface area contributed by atoms with Gasteiger partial charge in [0, 0.05) is 25.3 Å². The van der Waals surface area contributed by atoms with E-state index in [-0.39, 0.29) is 11.8 Å². The SMILES string of the molecule is CCN(Cc1ccccc1NC(=O)C1CCCN(C(=O)OC(C)(C)C)C1)C(=O)OC(C)(C)C. The van der Waals surface area contributed by atoms with Gasteiger partial charge in [0.1, 0.15) is 11.2 Å². The normalized spacial score (nSPS) is 16.7. The average molecular weight is 462 g/mol. The molecule has 1 aliphatic rings. The summed E-state index contributed by atoms with van der Waals surface area (Å²) >= 11 is 0. The summed E-state index contributed by atoms with van der Waals surface area (Å²) in [4.78, 5) is 41.2. The van der Waals surface area contributed by atoms with Crippen LogP contribution in [0.25, 0.3) is 0 Å². The molecular formula is C25H39N3O5. The topological polar surface area (TPSA) is 88.2 Å². The van der Waals surface area contributed by atoms with Crippen molar-refractivity contribution in [2.24, 2.45) is 5.92 Å². The Morgan fingerprint density at radius 1 is 1.06 bits per heavy atom. The van der Waals surface area contributed by atoms with Crippen LogP contribution in [0.5, 0.6) is 0 Å². The van der Waals surface area contributed by atoms with Crippen molar-refractivity contribution in [2.75, 3.05) is 25.0 Å². The van der Waals surface area contributed by atoms with E-state index in [2.05, 4.69) is 5.32 Å². The molecular weight excluding hydrogens is 422 g/mol. The molecule has 1 saturated heterocycles. The van der Waals surface area contributed by atoms with Crippen LogP contribution in [0, 0.1) is 5.92 Å². The maximum absolute atomic E-state index is 13.1. The van der Waals surface area contributed by atoms with Crippen LogP contribution in [0.15, 0.2) is 24.3 Å². The standard InChI is InChI=1S/C25H39N3O5/c1-8-27(22(30)32-24(2,3)4)16-18-12-9-10-14-20(18)26-21(29)19-13-11-15-28(17-19)23(31)33-25(5,6)7/h9-10,12,14,19H,8,11,13,15-17H2,1-7H3,(H,26,29). The Kier molecular flexibility index (Phi) is 8.75. The number of hydrogen-bond donors (Lipinski definition) is 1. The van der Waals surface area contributed by atoms with E-state index in [0.717, 1.165) is 12.0 Å². The first-order valence-corrected chi connectivity index (χ1v) is 11.6. The second-order valence-electron chi connectivity index (χ2n) is 10.4. The minimum atomic E-state index is -0.584. The van der Waals surface area contributed by atoms with E-state index in [9.17, 15) is 14.4 Å². The zero-order chi connectivity index (χ0) is 24.8. The van der Waals surface area contributed by atoms with Crippen molar-refractivity contribution in [3.05, 3.63) is 29.8 Å². The highest BCUT2D eigenvalue weighted by atomic mass is 16.6. The van der Waals surface area contributed by atoms with E-state index < -0.39 is 23.4 Å². The average Bonchev–Trinajstić information content (AvgIpc) is 2.70. The van der Waals surface area contributed by atoms with E-state index in [1.54, 1.807) is 9.80 Å². The molecule has 0 saturated carbocycles. The molecule has 1 unspecified atom stereocenters. The number of nitrogens with one attached hydrogen (secondary N) is 1. The Morgan fingerprint density at radius 3 is 2.30 bits per heavy atom. The van der Waals surface area contributed by atoms with Gasteiger partial charge in [0.05, 0.1) is 12.5 Å². The van der Waals surface area contributed by atoms with Gasteiger partial charge in [0.15, 0.2) is 0 Å². The predicted octanol–water partition coefficient (Wildman–Crippen LogP) is 5.03. The molecule has 0 bridgehead atoms. The summed E-state index contributed by atoms with van der Waals surface area (Å²) in [6.07, 6.45) is 0.649. The van der Waals surface area contributed by atoms with Crippen molar-refractivity contribution >= 4 is 23.8 Å². The van der Waals surface area contributed by atoms with Gasteiger partial charge in [-0.25, -0.2) is 9.59 Å². The number of hydrogen-bond acceptors (Lipinski definition) is 5. The first-order valence-electron chi connectivity index (χ1n) is 11.6. The van der Waals surface area contributed by atoms with Crippen LogP contribution in [0.3, 0.4) is 0 Å². The molecule has 0 aliphatic carbocycles. The molecule has 33 heavy (non-hydrogen) atoms. The fourth-order valence-corrected chi connectivity index (χ4v) is 3.54. The number of anilines is 1. The number of benzene rings is 1. The molecule has 184 valence electrons. The lowest BCUT2D eigenvalue weighted by Gasteiger charge is -2.33. The Bertz CT molecular complexity index is 841. The summed E-state index contributed by atoms with van der Waals surface area (Å²) in [7, 11) is 0. The number of nitrogens with zero attached hydrogens (tertiary/aromatic N) is 2. The highest BCUT2D eigenvalue weighted by Crippen LogP contribution is 2.24. The number of rotatable bonds is 5. The highest BCUT2D eigenvalue weighted by molar-refractivity contribution is 5.93. The fourth-order valence-electron chi connectivity index (χ4n) is 3.54. The zero-order valence-electron chi connectivity index (χ0n) is 21.1. The van der Waals surface area contributed by atoms with Gasteiger partial charge in [0.2, 0.25) is 5.91 Å². The molecule has 1 heterocycles. The summed E-state index contributed by atoms with van der Waals surface area (Å²) in [6.45, 7) is 14.6. The summed E-state index contributed by atoms with van der Waals surface area (Å²) < 4.78 is 11.0. The van der Waals surface area contributed by atoms with E-state index in [0.29, 0.717) is 38.3 Å². The van der Waals surface area contributed by atoms with Crippen LogP contribution < -0.4 is 5.32 Å². The maximum Gasteiger partial charge on any atom is 0.410 e. The molecule has 1 aromatic carbocycles. The number of likely N-dealkylation sites (tertiary alicyclic amines) is 1. The Morgan fingerprint density at radius 2 is 1.70 bits per heavy atom. The van der Waals surface area contributed by atoms with Crippen molar-refractivity contribution < 1.29 is 23.9 Å². The number of amides is 3. The lowest BCUT2D eigenvalue weighted by atomic mass is 9.97. The molecule has 8 nitrogen and oxygen atoms in total. The molecule has 2 rings (SSSR count). The number of ether oxygens (including phenoxy) is 2. The van der Waals surface area contributed by atoms with Crippen molar-refractivity contribution in [3.63, 3.8) is 0 Å². The molecule has 1 fully saturated rings. The zero-order valence-corrected chi connectivity index (χ0v) is 21.1. The van der Waals surface area contributed by atoms with E-state index in [1.165, 1.54) is 0 Å². The summed E-state index contributed by atoms with van der Waals surface area (Å²) in [6, 6.07) is 7.43. The third kappa shape index (κ3) is 8.59. The number of carbonyl (C=O) groups is 3. The third-order valence-electron chi connectivity index (χ3n) is 5.11. The van der Waals surface area contributed by atoms with E-state index in [4.69, 9.17) is 9.47 Å².